The van der Waals surface area contributed by atoms with Gasteiger partial charge in [0.05, 0.1) is 54.9 Å². The highest BCUT2D eigenvalue weighted by Crippen LogP contribution is 2.45. The smallest absolute Gasteiger partial charge is 0.338 e. The van der Waals surface area contributed by atoms with Gasteiger partial charge in [0.25, 0.3) is 10.0 Å². The number of likely N-dealkylation sites (N-methyl/N-ethyl adjacent to an activating group) is 1. The Morgan fingerprint density at radius 2 is 1.93 bits per heavy atom. The average molecular weight is 416 g/mol. The van der Waals surface area contributed by atoms with Crippen molar-refractivity contribution in [3.05, 3.63) is 59.2 Å². The van der Waals surface area contributed by atoms with Crippen molar-refractivity contribution in [2.45, 2.75) is 37.1 Å². The highest BCUT2D eigenvalue weighted by atomic mass is 32.2. The summed E-state index contributed by atoms with van der Waals surface area (Å²) in [7, 11) is -1.57. The number of aryl methyl sites for hydroxylation is 1. The average Bonchev–Trinajstić information content (AvgIpc) is 3.02. The van der Waals surface area contributed by atoms with Gasteiger partial charge in [0, 0.05) is 6.42 Å². The minimum absolute atomic E-state index is 0.0646. The maximum Gasteiger partial charge on any atom is 0.338 e. The molecule has 0 aliphatic carbocycles. The van der Waals surface area contributed by atoms with Crippen molar-refractivity contribution >= 4 is 21.7 Å². The van der Waals surface area contributed by atoms with E-state index in [9.17, 15) is 13.2 Å². The van der Waals surface area contributed by atoms with Crippen LogP contribution in [0.4, 0.5) is 5.69 Å². The summed E-state index contributed by atoms with van der Waals surface area (Å²) in [6.07, 6.45) is 0.824. The summed E-state index contributed by atoms with van der Waals surface area (Å²) in [5, 5.41) is 0. The molecule has 2 aromatic carbocycles. The van der Waals surface area contributed by atoms with Crippen LogP contribution in [0.25, 0.3) is 0 Å². The highest BCUT2D eigenvalue weighted by molar-refractivity contribution is 7.92. The first-order chi connectivity index (χ1) is 13.8. The first-order valence-electron chi connectivity index (χ1n) is 10.1. The lowest BCUT2D eigenvalue weighted by atomic mass is 9.89. The Balaban J connectivity index is 1.74. The summed E-state index contributed by atoms with van der Waals surface area (Å²) in [6.45, 7) is 5.93. The molecule has 6 nitrogen and oxygen atoms in total. The van der Waals surface area contributed by atoms with Gasteiger partial charge in [-0.1, -0.05) is 17.7 Å². The Kier molecular flexibility index (Phi) is 5.12. The van der Waals surface area contributed by atoms with Gasteiger partial charge in [0.1, 0.15) is 0 Å². The molecule has 2 heterocycles. The molecule has 0 spiro atoms. The summed E-state index contributed by atoms with van der Waals surface area (Å²) >= 11 is 0. The topological polar surface area (TPSA) is 68.1 Å². The third-order valence-corrected chi connectivity index (χ3v) is 7.80. The van der Waals surface area contributed by atoms with Crippen molar-refractivity contribution in [1.82, 2.24) is 0 Å². The first kappa shape index (κ1) is 19.9. The number of carbonyl (C=O) groups is 1. The SMILES string of the molecule is CCOC(=O)c1ccc(S(=O)(=O)N2c3ccc(C)cc3[C@@H]3C[NH+](C)CC[C@@H]32)cc1. The van der Waals surface area contributed by atoms with E-state index in [0.717, 1.165) is 36.3 Å². The predicted molar refractivity (Wildman–Crippen MR) is 111 cm³/mol. The highest BCUT2D eigenvalue weighted by Gasteiger charge is 2.48. The predicted octanol–water partition coefficient (Wildman–Crippen LogP) is 1.75. The number of rotatable bonds is 4. The number of hydrogen-bond acceptors (Lipinski definition) is 4. The van der Waals surface area contributed by atoms with Crippen molar-refractivity contribution in [1.29, 1.82) is 0 Å². The fourth-order valence-electron chi connectivity index (χ4n) is 4.56. The molecule has 3 atom stereocenters. The Bertz CT molecular complexity index is 1030. The van der Waals surface area contributed by atoms with Gasteiger partial charge >= 0.3 is 5.97 Å². The molecule has 29 heavy (non-hydrogen) atoms. The maximum atomic E-state index is 13.6. The molecule has 0 amide bonds. The number of carbonyl (C=O) groups excluding carboxylic acids is 1. The van der Waals surface area contributed by atoms with Crippen LogP contribution in [0.5, 0.6) is 0 Å². The lowest BCUT2D eigenvalue weighted by Crippen LogP contribution is -3.11. The number of piperidine rings is 1. The number of sulfonamides is 1. The zero-order valence-corrected chi connectivity index (χ0v) is 17.8. The van der Waals surface area contributed by atoms with Crippen LogP contribution in [0, 0.1) is 6.92 Å². The number of benzene rings is 2. The quantitative estimate of drug-likeness (QED) is 0.773. The van der Waals surface area contributed by atoms with Crippen LogP contribution in [-0.2, 0) is 14.8 Å². The van der Waals surface area contributed by atoms with Crippen LogP contribution < -0.4 is 9.21 Å². The van der Waals surface area contributed by atoms with Gasteiger partial charge < -0.3 is 9.64 Å². The zero-order chi connectivity index (χ0) is 20.8. The molecule has 0 bridgehead atoms. The molecule has 1 N–H and O–H groups in total. The van der Waals surface area contributed by atoms with Gasteiger partial charge in [-0.15, -0.1) is 0 Å². The number of nitrogens with zero attached hydrogens (tertiary/aromatic N) is 1. The fourth-order valence-corrected chi connectivity index (χ4v) is 6.30. The molecule has 2 aliphatic heterocycles. The number of hydrogen-bond donors (Lipinski definition) is 1. The molecule has 2 aromatic rings. The molecule has 4 rings (SSSR count). The van der Waals surface area contributed by atoms with E-state index in [2.05, 4.69) is 13.1 Å². The van der Waals surface area contributed by atoms with E-state index in [4.69, 9.17) is 4.74 Å². The van der Waals surface area contributed by atoms with Crippen LogP contribution in [0.2, 0.25) is 0 Å². The molecule has 154 valence electrons. The molecule has 7 heteroatoms. The van der Waals surface area contributed by atoms with E-state index in [1.807, 2.05) is 19.1 Å². The second-order valence-corrected chi connectivity index (χ2v) is 9.80. The Morgan fingerprint density at radius 3 is 2.62 bits per heavy atom. The summed E-state index contributed by atoms with van der Waals surface area (Å²) in [6, 6.07) is 12.0. The number of nitrogens with one attached hydrogen (secondary N) is 1. The van der Waals surface area contributed by atoms with Gasteiger partial charge in [-0.2, -0.15) is 0 Å². The summed E-state index contributed by atoms with van der Waals surface area (Å²) in [5.74, 6) is -0.246. The van der Waals surface area contributed by atoms with E-state index >= 15 is 0 Å². The lowest BCUT2D eigenvalue weighted by molar-refractivity contribution is -0.886. The van der Waals surface area contributed by atoms with Gasteiger partial charge in [-0.05, 0) is 49.7 Å². The van der Waals surface area contributed by atoms with Crippen LogP contribution in [-0.4, -0.2) is 47.2 Å². The molecule has 0 radical (unpaired) electrons. The number of anilines is 1. The maximum absolute atomic E-state index is 13.6. The Labute approximate surface area is 172 Å². The normalized spacial score (nSPS) is 23.4. The number of likely N-dealkylation sites (tertiary alicyclic amines) is 1. The van der Waals surface area contributed by atoms with E-state index < -0.39 is 16.0 Å². The number of esters is 1. The van der Waals surface area contributed by atoms with Crippen LogP contribution >= 0.6 is 0 Å². The van der Waals surface area contributed by atoms with Gasteiger partial charge in [0.15, 0.2) is 0 Å². The molecular formula is C22H27N2O4S+. The molecular weight excluding hydrogens is 388 g/mol. The largest absolute Gasteiger partial charge is 0.462 e. The van der Waals surface area contributed by atoms with Gasteiger partial charge in [-0.3, -0.25) is 4.31 Å². The van der Waals surface area contributed by atoms with Gasteiger partial charge in [-0.25, -0.2) is 13.2 Å². The number of fused-ring (bicyclic) bond motifs is 3. The second-order valence-electron chi connectivity index (χ2n) is 7.98. The minimum Gasteiger partial charge on any atom is -0.462 e. The first-order valence-corrected chi connectivity index (χ1v) is 11.5. The van der Waals surface area contributed by atoms with E-state index in [1.165, 1.54) is 29.2 Å². The molecule has 1 saturated heterocycles. The summed E-state index contributed by atoms with van der Waals surface area (Å²) in [5.41, 5.74) is 3.41. The molecule has 2 aliphatic rings. The molecule has 0 aromatic heterocycles. The molecule has 1 fully saturated rings. The summed E-state index contributed by atoms with van der Waals surface area (Å²) in [4.78, 5) is 13.5. The third kappa shape index (κ3) is 3.42. The molecule has 1 unspecified atom stereocenters. The summed E-state index contributed by atoms with van der Waals surface area (Å²) < 4.78 is 33.9. The zero-order valence-electron chi connectivity index (χ0n) is 17.0. The van der Waals surface area contributed by atoms with Crippen LogP contribution in [0.15, 0.2) is 47.4 Å². The van der Waals surface area contributed by atoms with Crippen molar-refractivity contribution in [3.8, 4) is 0 Å². The van der Waals surface area contributed by atoms with Crippen molar-refractivity contribution < 1.29 is 22.8 Å². The lowest BCUT2D eigenvalue weighted by Gasteiger charge is -2.34. The monoisotopic (exact) mass is 415 g/mol. The second kappa shape index (κ2) is 7.46. The van der Waals surface area contributed by atoms with E-state index in [0.29, 0.717) is 5.56 Å². The number of ether oxygens (including phenoxy) is 1. The van der Waals surface area contributed by atoms with Crippen molar-refractivity contribution in [3.63, 3.8) is 0 Å². The number of quaternary nitrogens is 1. The van der Waals surface area contributed by atoms with Gasteiger partial charge in [0.2, 0.25) is 0 Å². The van der Waals surface area contributed by atoms with Crippen molar-refractivity contribution in [2.75, 3.05) is 31.0 Å². The minimum atomic E-state index is -3.74. The third-order valence-electron chi connectivity index (χ3n) is 5.94. The van der Waals surface area contributed by atoms with E-state index in [1.54, 1.807) is 11.2 Å². The standard InChI is InChI=1S/C22H26N2O4S/c1-4-28-22(25)16-6-8-17(9-7-16)29(26,27)24-20-10-5-15(2)13-18(20)19-14-23(3)12-11-21(19)24/h5-10,13,19,21H,4,11-12,14H2,1-3H3/p+1/t19-,21-/m0/s1. The van der Waals surface area contributed by atoms with Crippen LogP contribution in [0.3, 0.4) is 0 Å². The van der Waals surface area contributed by atoms with Crippen LogP contribution in [0.1, 0.15) is 40.7 Å². The van der Waals surface area contributed by atoms with Crippen molar-refractivity contribution in [2.24, 2.45) is 0 Å². The Morgan fingerprint density at radius 1 is 1.21 bits per heavy atom. The molecule has 0 saturated carbocycles. The fraction of sp³-hybridized carbons (Fsp3) is 0.409. The van der Waals surface area contributed by atoms with E-state index in [-0.39, 0.29) is 23.5 Å². The Hall–Kier alpha value is -2.38.